The molecule has 0 bridgehead atoms. The van der Waals surface area contributed by atoms with E-state index in [0.717, 1.165) is 22.3 Å². The SMILES string of the molecule is COc1ccc(S(=O)(=O)N(CCc2ccccc2)CC(=O)N[C@@H](C)c2cc(C)c(C)cc2C)cc1Cl. The number of halogens is 1. The predicted octanol–water partition coefficient (Wildman–Crippen LogP) is 5.38. The fourth-order valence-corrected chi connectivity index (χ4v) is 5.86. The zero-order valence-electron chi connectivity index (χ0n) is 21.3. The van der Waals surface area contributed by atoms with Crippen LogP contribution in [0.1, 0.15) is 40.8 Å². The largest absolute Gasteiger partial charge is 0.495 e. The fraction of sp³-hybridized carbons (Fsp3) is 0.321. The molecule has 8 heteroatoms. The van der Waals surface area contributed by atoms with E-state index in [1.54, 1.807) is 0 Å². The molecular weight excluding hydrogens is 496 g/mol. The molecule has 0 saturated heterocycles. The quantitative estimate of drug-likeness (QED) is 0.383. The first-order valence-corrected chi connectivity index (χ1v) is 13.6. The minimum Gasteiger partial charge on any atom is -0.495 e. The highest BCUT2D eigenvalue weighted by Crippen LogP contribution is 2.29. The normalized spacial score (nSPS) is 12.4. The second-order valence-corrected chi connectivity index (χ2v) is 11.3. The molecule has 0 unspecified atom stereocenters. The second kappa shape index (κ2) is 11.9. The summed E-state index contributed by atoms with van der Waals surface area (Å²) >= 11 is 6.21. The highest BCUT2D eigenvalue weighted by atomic mass is 35.5. The highest BCUT2D eigenvalue weighted by Gasteiger charge is 2.28. The van der Waals surface area contributed by atoms with E-state index in [4.69, 9.17) is 16.3 Å². The molecule has 0 saturated carbocycles. The van der Waals surface area contributed by atoms with Gasteiger partial charge in [0.2, 0.25) is 15.9 Å². The van der Waals surface area contributed by atoms with Gasteiger partial charge in [0.25, 0.3) is 0 Å². The third-order valence-electron chi connectivity index (χ3n) is 6.30. The second-order valence-electron chi connectivity index (χ2n) is 8.95. The molecule has 3 aromatic carbocycles. The zero-order valence-corrected chi connectivity index (χ0v) is 22.9. The van der Waals surface area contributed by atoms with Crippen LogP contribution in [0.4, 0.5) is 0 Å². The van der Waals surface area contributed by atoms with Crippen LogP contribution in [0.3, 0.4) is 0 Å². The molecule has 1 amide bonds. The Morgan fingerprint density at radius 1 is 1.00 bits per heavy atom. The van der Waals surface area contributed by atoms with Gasteiger partial charge >= 0.3 is 0 Å². The van der Waals surface area contributed by atoms with Gasteiger partial charge in [0, 0.05) is 6.54 Å². The van der Waals surface area contributed by atoms with Crippen molar-refractivity contribution in [3.8, 4) is 5.75 Å². The number of nitrogens with zero attached hydrogens (tertiary/aromatic N) is 1. The maximum Gasteiger partial charge on any atom is 0.243 e. The van der Waals surface area contributed by atoms with Crippen molar-refractivity contribution in [3.05, 3.63) is 93.5 Å². The number of carbonyl (C=O) groups is 1. The Bertz CT molecular complexity index is 1330. The Labute approximate surface area is 219 Å². The number of sulfonamides is 1. The van der Waals surface area contributed by atoms with Crippen molar-refractivity contribution >= 4 is 27.5 Å². The van der Waals surface area contributed by atoms with Crippen molar-refractivity contribution in [2.24, 2.45) is 0 Å². The molecule has 0 aliphatic carbocycles. The molecule has 1 N–H and O–H groups in total. The van der Waals surface area contributed by atoms with Gasteiger partial charge in [-0.25, -0.2) is 8.42 Å². The fourth-order valence-electron chi connectivity index (χ4n) is 4.11. The van der Waals surface area contributed by atoms with E-state index < -0.39 is 10.0 Å². The number of hydrogen-bond acceptors (Lipinski definition) is 4. The van der Waals surface area contributed by atoms with Gasteiger partial charge in [-0.05, 0) is 80.1 Å². The van der Waals surface area contributed by atoms with Crippen LogP contribution in [0, 0.1) is 20.8 Å². The van der Waals surface area contributed by atoms with Crippen molar-refractivity contribution in [2.75, 3.05) is 20.2 Å². The lowest BCUT2D eigenvalue weighted by atomic mass is 9.96. The Morgan fingerprint density at radius 2 is 1.67 bits per heavy atom. The molecule has 6 nitrogen and oxygen atoms in total. The van der Waals surface area contributed by atoms with E-state index in [1.807, 2.05) is 51.1 Å². The molecule has 0 aromatic heterocycles. The topological polar surface area (TPSA) is 75.7 Å². The highest BCUT2D eigenvalue weighted by molar-refractivity contribution is 7.89. The summed E-state index contributed by atoms with van der Waals surface area (Å²) in [5.41, 5.74) is 5.38. The summed E-state index contributed by atoms with van der Waals surface area (Å²) in [4.78, 5) is 13.1. The summed E-state index contributed by atoms with van der Waals surface area (Å²) in [5.74, 6) is -0.00171. The number of aryl methyl sites for hydroxylation is 3. The van der Waals surface area contributed by atoms with Crippen molar-refractivity contribution in [3.63, 3.8) is 0 Å². The molecule has 192 valence electrons. The first kappa shape index (κ1) is 27.7. The molecule has 36 heavy (non-hydrogen) atoms. The standard InChI is InChI=1S/C28H33ClN2O4S/c1-19-15-21(3)25(16-20(19)2)22(4)30-28(32)18-31(14-13-23-9-7-6-8-10-23)36(33,34)24-11-12-27(35-5)26(29)17-24/h6-12,15-17,22H,13-14,18H2,1-5H3,(H,30,32)/t22-/m0/s1. The molecule has 3 rings (SSSR count). The number of amides is 1. The maximum absolute atomic E-state index is 13.6. The monoisotopic (exact) mass is 528 g/mol. The first-order valence-electron chi connectivity index (χ1n) is 11.8. The third kappa shape index (κ3) is 6.66. The molecule has 0 aliphatic heterocycles. The summed E-state index contributed by atoms with van der Waals surface area (Å²) in [6.07, 6.45) is 0.461. The Morgan fingerprint density at radius 3 is 2.31 bits per heavy atom. The van der Waals surface area contributed by atoms with Crippen LogP contribution in [-0.2, 0) is 21.2 Å². The lowest BCUT2D eigenvalue weighted by Gasteiger charge is -2.24. The van der Waals surface area contributed by atoms with E-state index in [0.29, 0.717) is 12.2 Å². The average Bonchev–Trinajstić information content (AvgIpc) is 2.84. The van der Waals surface area contributed by atoms with Crippen LogP contribution in [0.25, 0.3) is 0 Å². The smallest absolute Gasteiger partial charge is 0.243 e. The van der Waals surface area contributed by atoms with Crippen molar-refractivity contribution in [1.82, 2.24) is 9.62 Å². The van der Waals surface area contributed by atoms with Crippen LogP contribution >= 0.6 is 11.6 Å². The van der Waals surface area contributed by atoms with E-state index in [9.17, 15) is 13.2 Å². The number of methoxy groups -OCH3 is 1. The molecule has 0 aliphatic rings. The van der Waals surface area contributed by atoms with E-state index in [-0.39, 0.29) is 35.0 Å². The van der Waals surface area contributed by atoms with Crippen molar-refractivity contribution in [2.45, 2.75) is 45.1 Å². The van der Waals surface area contributed by atoms with Gasteiger partial charge in [0.1, 0.15) is 5.75 Å². The molecule has 0 radical (unpaired) electrons. The van der Waals surface area contributed by atoms with Gasteiger partial charge in [-0.2, -0.15) is 4.31 Å². The van der Waals surface area contributed by atoms with E-state index in [2.05, 4.69) is 24.4 Å². The Kier molecular flexibility index (Phi) is 9.17. The maximum atomic E-state index is 13.6. The third-order valence-corrected chi connectivity index (χ3v) is 8.44. The van der Waals surface area contributed by atoms with Gasteiger partial charge in [-0.15, -0.1) is 0 Å². The number of ether oxygens (including phenoxy) is 1. The summed E-state index contributed by atoms with van der Waals surface area (Å²) in [6, 6.07) is 17.8. The molecule has 0 heterocycles. The number of nitrogens with one attached hydrogen (secondary N) is 1. The van der Waals surface area contributed by atoms with Crippen LogP contribution in [0.15, 0.2) is 65.6 Å². The molecule has 0 spiro atoms. The number of carbonyl (C=O) groups excluding carboxylic acids is 1. The van der Waals surface area contributed by atoms with Crippen LogP contribution in [-0.4, -0.2) is 38.8 Å². The van der Waals surface area contributed by atoms with Crippen molar-refractivity contribution in [1.29, 1.82) is 0 Å². The summed E-state index contributed by atoms with van der Waals surface area (Å²) in [7, 11) is -2.54. The Balaban J connectivity index is 1.84. The van der Waals surface area contributed by atoms with Gasteiger partial charge in [-0.3, -0.25) is 4.79 Å². The minimum atomic E-state index is -4.00. The van der Waals surface area contributed by atoms with Gasteiger partial charge < -0.3 is 10.1 Å². The van der Waals surface area contributed by atoms with Crippen LogP contribution in [0.5, 0.6) is 5.75 Å². The van der Waals surface area contributed by atoms with Gasteiger partial charge in [0.15, 0.2) is 0 Å². The molecule has 1 atom stereocenters. The molecule has 0 fully saturated rings. The molecule has 3 aromatic rings. The average molecular weight is 529 g/mol. The summed E-state index contributed by atoms with van der Waals surface area (Å²) in [5, 5.41) is 3.16. The van der Waals surface area contributed by atoms with Gasteiger partial charge in [-0.1, -0.05) is 54.1 Å². The first-order chi connectivity index (χ1) is 17.0. The predicted molar refractivity (Wildman–Crippen MR) is 144 cm³/mol. The van der Waals surface area contributed by atoms with Crippen LogP contribution < -0.4 is 10.1 Å². The Hall–Kier alpha value is -2.87. The lowest BCUT2D eigenvalue weighted by molar-refractivity contribution is -0.121. The summed E-state index contributed by atoms with van der Waals surface area (Å²) in [6.45, 7) is 7.82. The van der Waals surface area contributed by atoms with E-state index in [1.165, 1.54) is 35.2 Å². The zero-order chi connectivity index (χ0) is 26.5. The van der Waals surface area contributed by atoms with E-state index >= 15 is 0 Å². The number of hydrogen-bond donors (Lipinski definition) is 1. The lowest BCUT2D eigenvalue weighted by Crippen LogP contribution is -2.42. The van der Waals surface area contributed by atoms with Crippen LogP contribution in [0.2, 0.25) is 5.02 Å². The minimum absolute atomic E-state index is 0.00668. The summed E-state index contributed by atoms with van der Waals surface area (Å²) < 4.78 is 33.5. The number of benzene rings is 3. The van der Waals surface area contributed by atoms with Crippen molar-refractivity contribution < 1.29 is 17.9 Å². The van der Waals surface area contributed by atoms with Gasteiger partial charge in [0.05, 0.1) is 29.6 Å². The number of rotatable bonds is 10. The molecular formula is C28H33ClN2O4S.